The number of primary amides is 1. The first-order chi connectivity index (χ1) is 47.3. The third kappa shape index (κ3) is 22.4. The second-order valence-electron chi connectivity index (χ2n) is 27.7. The summed E-state index contributed by atoms with van der Waals surface area (Å²) in [6.45, 7) is 17.4. The van der Waals surface area contributed by atoms with Gasteiger partial charge in [0.25, 0.3) is 23.6 Å². The molecule has 0 radical (unpaired) electrons. The van der Waals surface area contributed by atoms with E-state index in [0.717, 1.165) is 45.4 Å². The zero-order valence-electron chi connectivity index (χ0n) is 60.4. The predicted octanol–water partition coefficient (Wildman–Crippen LogP) is 5.68. The van der Waals surface area contributed by atoms with Crippen LogP contribution in [0.25, 0.3) is 0 Å². The number of amides is 12. The molecule has 2 aliphatic heterocycles. The maximum Gasteiger partial charge on any atom is 0.410 e. The number of hydrogen-bond acceptors (Lipinski definition) is 17. The minimum Gasteiger partial charge on any atom is -0.445 e. The Kier molecular flexibility index (Phi) is 31.8. The molecule has 2 aromatic rings. The minimum absolute atomic E-state index is 0.0301. The Hall–Kier alpha value is -8.69. The lowest BCUT2D eigenvalue weighted by molar-refractivity contribution is -0.145. The number of carbonyl (C=O) groups is 13. The lowest BCUT2D eigenvalue weighted by Crippen LogP contribution is -2.60. The van der Waals surface area contributed by atoms with E-state index in [1.165, 1.54) is 21.3 Å². The first kappa shape index (κ1) is 82.0. The number of imide groups is 2. The van der Waals surface area contributed by atoms with Crippen molar-refractivity contribution in [2.45, 2.75) is 195 Å². The Balaban J connectivity index is 1.19. The van der Waals surface area contributed by atoms with E-state index in [1.54, 1.807) is 104 Å². The maximum atomic E-state index is 14.9. The Morgan fingerprint density at radius 1 is 0.690 bits per heavy atom. The molecule has 3 aliphatic rings. The van der Waals surface area contributed by atoms with Crippen molar-refractivity contribution in [3.63, 3.8) is 0 Å². The van der Waals surface area contributed by atoms with E-state index < -0.39 is 155 Å². The smallest absolute Gasteiger partial charge is 0.410 e. The average Bonchev–Trinajstić information content (AvgIpc) is 1.45. The van der Waals surface area contributed by atoms with Gasteiger partial charge in [-0.15, -0.1) is 0 Å². The Morgan fingerprint density at radius 2 is 1.30 bits per heavy atom. The van der Waals surface area contributed by atoms with Crippen LogP contribution in [0.1, 0.15) is 151 Å². The van der Waals surface area contributed by atoms with Gasteiger partial charge in [-0.1, -0.05) is 118 Å². The van der Waals surface area contributed by atoms with Crippen molar-refractivity contribution >= 4 is 82.5 Å². The molecular weight excluding hydrogens is 1290 g/mol. The van der Waals surface area contributed by atoms with E-state index in [2.05, 4.69) is 26.6 Å². The van der Waals surface area contributed by atoms with Crippen LogP contribution in [0.15, 0.2) is 78.9 Å². The summed E-state index contributed by atoms with van der Waals surface area (Å²) in [7, 11) is 6.10. The standard InChI is InChI=1S/C73H106N10O17/c1-15-44(8)65(56(98-13)38-54(84)52-24-19-25-53(52)67(99-14)45(9)68(92)76-46(10)66(91)48-21-17-16-18-22-48)80(11)71(95)63(42(4)5)79-70(94)64(43(6)7)81(12)73(97)100-40-47-26-28-50(29-27-47)77-69(93)49(23-20-36-75-72(74)96)37-55(85)62(41(2)3)78-57(86)31-30-51(83-60(89)34-35-61(83)90)39-82-58(87)32-33-59(82)88/h16-18,21-22,26-29,32-35,41-46,49,51-53,56,62-67,91H,15,19-20,23-25,30-31,36-40H2,1-14H3,(H,76,92)(H,77,93)(H,78,86)(H,79,94)(H3,74,75,96)/t44-,45+,46+,49+,51?,52?,53+,56+,62-,63-,64-,65-,66+,67+/m0/s1. The van der Waals surface area contributed by atoms with Crippen LogP contribution in [0.3, 0.4) is 0 Å². The van der Waals surface area contributed by atoms with Crippen molar-refractivity contribution in [1.29, 1.82) is 0 Å². The van der Waals surface area contributed by atoms with E-state index in [0.29, 0.717) is 36.1 Å². The molecule has 5 rings (SSSR count). The van der Waals surface area contributed by atoms with Crippen molar-refractivity contribution in [1.82, 2.24) is 40.9 Å². The van der Waals surface area contributed by atoms with Crippen LogP contribution in [0, 0.1) is 47.3 Å². The van der Waals surface area contributed by atoms with Gasteiger partial charge in [-0.05, 0) is 91.9 Å². The lowest BCUT2D eigenvalue weighted by atomic mass is 9.79. The SMILES string of the molecule is CC[C@H](C)[C@@H]([C@@H](CC(=O)C1CCC[C@H]1[C@H](OC)[C@@H](C)C(=O)N[C@H](C)[C@@H](O)c1ccccc1)OC)N(C)C(=O)[C@@H](NC(=O)[C@H](C(C)C)N(C)C(=O)OCc1ccc(NC(=O)[C@H](CCCNC(N)=O)CC(=O)[C@@H](NC(=O)CCC(CN2C(=O)C=CC2=O)N2C(=O)C=CC2=O)C(C)C)cc1)C(C)C. The molecule has 2 unspecified atom stereocenters. The molecule has 0 aromatic heterocycles. The molecule has 27 heteroatoms. The number of rotatable bonds is 40. The van der Waals surface area contributed by atoms with Crippen LogP contribution in [0.4, 0.5) is 15.3 Å². The number of nitrogens with two attached hydrogens (primary N) is 1. The number of ether oxygens (including phenoxy) is 3. The highest BCUT2D eigenvalue weighted by Gasteiger charge is 2.46. The zero-order chi connectivity index (χ0) is 74.4. The van der Waals surface area contributed by atoms with Crippen LogP contribution in [0.2, 0.25) is 0 Å². The highest BCUT2D eigenvalue weighted by molar-refractivity contribution is 6.14. The van der Waals surface area contributed by atoms with Gasteiger partial charge < -0.3 is 56.5 Å². The van der Waals surface area contributed by atoms with Crippen LogP contribution < -0.4 is 32.3 Å². The number of anilines is 1. The second kappa shape index (κ2) is 38.8. The van der Waals surface area contributed by atoms with Crippen LogP contribution in [-0.2, 0) is 73.6 Å². The van der Waals surface area contributed by atoms with Crippen molar-refractivity contribution in [3.05, 3.63) is 90.0 Å². The summed E-state index contributed by atoms with van der Waals surface area (Å²) in [5.41, 5.74) is 6.76. The molecule has 1 saturated carbocycles. The van der Waals surface area contributed by atoms with E-state index >= 15 is 0 Å². The number of nitrogens with one attached hydrogen (secondary N) is 5. The molecule has 2 aromatic carbocycles. The summed E-state index contributed by atoms with van der Waals surface area (Å²) in [5.74, 6) is -9.62. The molecule has 1 fully saturated rings. The van der Waals surface area contributed by atoms with Crippen molar-refractivity contribution in [3.8, 4) is 0 Å². The number of carbonyl (C=O) groups excluding carboxylic acids is 13. The molecule has 14 atom stereocenters. The molecule has 2 heterocycles. The fraction of sp³-hybridized carbons (Fsp3) is 0.603. The monoisotopic (exact) mass is 1390 g/mol. The third-order valence-electron chi connectivity index (χ3n) is 19.5. The van der Waals surface area contributed by atoms with Crippen molar-refractivity contribution < 1.29 is 81.6 Å². The van der Waals surface area contributed by atoms with Gasteiger partial charge in [0.1, 0.15) is 24.5 Å². The number of methoxy groups -OCH3 is 2. The highest BCUT2D eigenvalue weighted by atomic mass is 16.6. The highest BCUT2D eigenvalue weighted by Crippen LogP contribution is 2.40. The molecule has 550 valence electrons. The average molecular weight is 1400 g/mol. The number of benzene rings is 2. The van der Waals surface area contributed by atoms with E-state index in [9.17, 15) is 67.4 Å². The summed E-state index contributed by atoms with van der Waals surface area (Å²) in [6, 6.07) is 9.08. The normalized spacial score (nSPS) is 18.9. The van der Waals surface area contributed by atoms with E-state index in [-0.39, 0.29) is 81.7 Å². The number of aliphatic hydroxyl groups is 1. The molecule has 1 aliphatic carbocycles. The minimum atomic E-state index is -1.10. The summed E-state index contributed by atoms with van der Waals surface area (Å²) in [5, 5.41) is 24.9. The number of hydrogen-bond donors (Lipinski definition) is 7. The number of Topliss-reactive ketones (excluding diaryl/α,β-unsaturated/α-hetero) is 2. The number of likely N-dealkylation sites (N-methyl/N-ethyl adjacent to an activating group) is 2. The first-order valence-electron chi connectivity index (χ1n) is 34.7. The zero-order valence-corrected chi connectivity index (χ0v) is 60.4. The Morgan fingerprint density at radius 3 is 1.86 bits per heavy atom. The summed E-state index contributed by atoms with van der Waals surface area (Å²) in [4.78, 5) is 179. The molecule has 8 N–H and O–H groups in total. The van der Waals surface area contributed by atoms with Crippen molar-refractivity contribution in [2.24, 2.45) is 53.1 Å². The van der Waals surface area contributed by atoms with Gasteiger partial charge in [-0.3, -0.25) is 67.4 Å². The summed E-state index contributed by atoms with van der Waals surface area (Å²) >= 11 is 0. The van der Waals surface area contributed by atoms with Gasteiger partial charge in [0, 0.05) is 95.9 Å². The fourth-order valence-electron chi connectivity index (χ4n) is 13.6. The van der Waals surface area contributed by atoms with Gasteiger partial charge >= 0.3 is 12.1 Å². The van der Waals surface area contributed by atoms with Crippen LogP contribution in [0.5, 0.6) is 0 Å². The van der Waals surface area contributed by atoms with Gasteiger partial charge in [0.05, 0.1) is 54.9 Å². The number of nitrogens with zero attached hydrogens (tertiary/aromatic N) is 4. The number of aliphatic hydroxyl groups excluding tert-OH is 1. The molecule has 0 spiro atoms. The molecule has 0 bridgehead atoms. The van der Waals surface area contributed by atoms with E-state index in [4.69, 9.17) is 19.9 Å². The van der Waals surface area contributed by atoms with Crippen LogP contribution in [-0.4, -0.2) is 191 Å². The molecule has 100 heavy (non-hydrogen) atoms. The molecule has 0 saturated heterocycles. The quantitative estimate of drug-likeness (QED) is 0.0312. The van der Waals surface area contributed by atoms with Crippen molar-refractivity contribution in [2.75, 3.05) is 46.7 Å². The van der Waals surface area contributed by atoms with Gasteiger partial charge in [0.2, 0.25) is 29.5 Å². The van der Waals surface area contributed by atoms with Gasteiger partial charge in [-0.25, -0.2) is 9.59 Å². The van der Waals surface area contributed by atoms with E-state index in [1.807, 2.05) is 32.0 Å². The summed E-state index contributed by atoms with van der Waals surface area (Å²) < 4.78 is 17.8. The molecular formula is C73H106N10O17. The molecule has 12 amide bonds. The summed E-state index contributed by atoms with van der Waals surface area (Å²) in [6.07, 6.45) is 3.21. The van der Waals surface area contributed by atoms with Gasteiger partial charge in [-0.2, -0.15) is 0 Å². The predicted molar refractivity (Wildman–Crippen MR) is 371 cm³/mol. The van der Waals surface area contributed by atoms with Gasteiger partial charge in [0.15, 0.2) is 5.78 Å². The number of urea groups is 1. The number of ketones is 2. The Labute approximate surface area is 587 Å². The Bertz CT molecular complexity index is 3230. The lowest BCUT2D eigenvalue weighted by Gasteiger charge is -2.40. The molecule has 27 nitrogen and oxygen atoms in total. The van der Waals surface area contributed by atoms with Crippen LogP contribution >= 0.6 is 0 Å². The largest absolute Gasteiger partial charge is 0.445 e. The fourth-order valence-corrected chi connectivity index (χ4v) is 13.6. The first-order valence-corrected chi connectivity index (χ1v) is 34.7. The second-order valence-corrected chi connectivity index (χ2v) is 27.7. The maximum absolute atomic E-state index is 14.9. The topological polar surface area (TPSA) is 369 Å². The third-order valence-corrected chi connectivity index (χ3v) is 19.5.